The Morgan fingerprint density at radius 1 is 1.62 bits per heavy atom. The molecule has 6 heteroatoms. The van der Waals surface area contributed by atoms with Crippen molar-refractivity contribution in [1.82, 2.24) is 0 Å². The average molecular weight is 163 g/mol. The molecular weight excluding hydrogens is 154 g/mol. The molecule has 0 aliphatic rings. The van der Waals surface area contributed by atoms with E-state index in [4.69, 9.17) is 9.79 Å². The van der Waals surface area contributed by atoms with Crippen molar-refractivity contribution < 1.29 is 18.9 Å². The van der Waals surface area contributed by atoms with E-state index < -0.39 is 7.82 Å². The summed E-state index contributed by atoms with van der Waals surface area (Å²) in [6, 6.07) is 0. The van der Waals surface area contributed by atoms with Gasteiger partial charge in [0.2, 0.25) is 0 Å². The molecule has 0 saturated carbocycles. The molecular formula is C2H8ClO4P. The largest absolute Gasteiger partial charge is 0.469 e. The summed E-state index contributed by atoms with van der Waals surface area (Å²) in [5.74, 6) is 0. The first-order valence-corrected chi connectivity index (χ1v) is 3.29. The normalized spacial score (nSPS) is 10.4. The zero-order valence-corrected chi connectivity index (χ0v) is 5.98. The highest BCUT2D eigenvalue weighted by atomic mass is 35.5. The Balaban J connectivity index is 0. The van der Waals surface area contributed by atoms with Crippen LogP contribution in [-0.4, -0.2) is 16.4 Å². The first kappa shape index (κ1) is 11.2. The third-order valence-corrected chi connectivity index (χ3v) is 0.892. The molecule has 0 aromatic heterocycles. The van der Waals surface area contributed by atoms with E-state index in [1.165, 1.54) is 6.92 Å². The van der Waals surface area contributed by atoms with Crippen LogP contribution in [0.1, 0.15) is 6.92 Å². The highest BCUT2D eigenvalue weighted by Crippen LogP contribution is 2.34. The molecule has 0 unspecified atom stereocenters. The third-order valence-electron chi connectivity index (χ3n) is 0.297. The predicted octanol–water partition coefficient (Wildman–Crippen LogP) is 0.537. The summed E-state index contributed by atoms with van der Waals surface area (Å²) in [5.41, 5.74) is 0. The number of hydrogen-bond acceptors (Lipinski definition) is 2. The molecule has 0 aliphatic carbocycles. The van der Waals surface area contributed by atoms with E-state index in [0.717, 1.165) is 0 Å². The van der Waals surface area contributed by atoms with Crippen molar-refractivity contribution in [3.05, 3.63) is 0 Å². The fourth-order valence-corrected chi connectivity index (χ4v) is 0.505. The molecule has 0 aliphatic heterocycles. The van der Waals surface area contributed by atoms with Crippen LogP contribution in [0.25, 0.3) is 0 Å². The minimum Gasteiger partial charge on any atom is -0.303 e. The van der Waals surface area contributed by atoms with Gasteiger partial charge in [-0.2, -0.15) is 0 Å². The molecule has 0 rings (SSSR count). The van der Waals surface area contributed by atoms with E-state index in [-0.39, 0.29) is 19.0 Å². The summed E-state index contributed by atoms with van der Waals surface area (Å²) in [5, 5.41) is 0. The fraction of sp³-hybridized carbons (Fsp3) is 1.00. The lowest BCUT2D eigenvalue weighted by molar-refractivity contribution is 0.206. The van der Waals surface area contributed by atoms with E-state index in [0.29, 0.717) is 0 Å². The van der Waals surface area contributed by atoms with E-state index >= 15 is 0 Å². The van der Waals surface area contributed by atoms with Crippen molar-refractivity contribution in [1.29, 1.82) is 0 Å². The molecule has 0 atom stereocenters. The van der Waals surface area contributed by atoms with Crippen molar-refractivity contribution in [3.8, 4) is 0 Å². The first-order chi connectivity index (χ1) is 3.06. The highest BCUT2D eigenvalue weighted by Gasteiger charge is 2.10. The Morgan fingerprint density at radius 2 is 2.00 bits per heavy atom. The van der Waals surface area contributed by atoms with Gasteiger partial charge in [0.05, 0.1) is 6.61 Å². The monoisotopic (exact) mass is 162 g/mol. The molecule has 0 bridgehead atoms. The number of phosphoric ester groups is 1. The fourth-order valence-electron chi connectivity index (χ4n) is 0.168. The standard InChI is InChI=1S/C2H7O4P.ClH/c1-2-6-7(3,4)5;/h2H2,1H3,(H2,3,4,5);1H. The van der Waals surface area contributed by atoms with Gasteiger partial charge in [0.15, 0.2) is 0 Å². The maximum atomic E-state index is 9.70. The Labute approximate surface area is 53.5 Å². The Kier molecular flexibility index (Phi) is 6.03. The van der Waals surface area contributed by atoms with Crippen LogP contribution in [0.5, 0.6) is 0 Å². The summed E-state index contributed by atoms with van der Waals surface area (Å²) < 4.78 is 13.6. The molecule has 2 N–H and O–H groups in total. The minimum atomic E-state index is -4.17. The van der Waals surface area contributed by atoms with E-state index in [9.17, 15) is 4.57 Å². The molecule has 8 heavy (non-hydrogen) atoms. The maximum Gasteiger partial charge on any atom is 0.469 e. The highest BCUT2D eigenvalue weighted by molar-refractivity contribution is 7.46. The molecule has 4 nitrogen and oxygen atoms in total. The van der Waals surface area contributed by atoms with Crippen LogP contribution in [0, 0.1) is 0 Å². The van der Waals surface area contributed by atoms with Gasteiger partial charge in [0.1, 0.15) is 0 Å². The zero-order chi connectivity index (χ0) is 5.91. The van der Waals surface area contributed by atoms with Crippen LogP contribution < -0.4 is 0 Å². The number of halogens is 1. The molecule has 0 radical (unpaired) electrons. The second kappa shape index (κ2) is 4.30. The van der Waals surface area contributed by atoms with Crippen molar-refractivity contribution in [3.63, 3.8) is 0 Å². The van der Waals surface area contributed by atoms with Gasteiger partial charge in [-0.25, -0.2) is 4.57 Å². The van der Waals surface area contributed by atoms with E-state index in [1.54, 1.807) is 0 Å². The molecule has 0 amide bonds. The number of phosphoric acid groups is 1. The van der Waals surface area contributed by atoms with Gasteiger partial charge in [0.25, 0.3) is 0 Å². The number of hydrogen-bond donors (Lipinski definition) is 2. The van der Waals surface area contributed by atoms with Crippen LogP contribution in [0.4, 0.5) is 0 Å². The molecule has 0 fully saturated rings. The van der Waals surface area contributed by atoms with E-state index in [1.807, 2.05) is 0 Å². The summed E-state index contributed by atoms with van der Waals surface area (Å²) in [6.45, 7) is 1.56. The van der Waals surface area contributed by atoms with Crippen LogP contribution in [-0.2, 0) is 9.09 Å². The van der Waals surface area contributed by atoms with Gasteiger partial charge in [-0.3, -0.25) is 4.52 Å². The number of rotatable bonds is 2. The Hall–Kier alpha value is 0.400. The SMILES string of the molecule is CCOP(=O)(O)O.Cl. The van der Waals surface area contributed by atoms with Gasteiger partial charge in [-0.05, 0) is 6.92 Å². The lowest BCUT2D eigenvalue weighted by Crippen LogP contribution is -1.84. The topological polar surface area (TPSA) is 66.8 Å². The van der Waals surface area contributed by atoms with Gasteiger partial charge < -0.3 is 9.79 Å². The predicted molar refractivity (Wildman–Crippen MR) is 30.9 cm³/mol. The molecule has 0 saturated heterocycles. The van der Waals surface area contributed by atoms with Crippen LogP contribution in [0.3, 0.4) is 0 Å². The van der Waals surface area contributed by atoms with Crippen molar-refractivity contribution >= 4 is 20.2 Å². The minimum absolute atomic E-state index is 0. The second-order valence-corrected chi connectivity index (χ2v) is 2.15. The third kappa shape index (κ3) is 9.64. The lowest BCUT2D eigenvalue weighted by atomic mass is 10.9. The van der Waals surface area contributed by atoms with Gasteiger partial charge in [0, 0.05) is 0 Å². The van der Waals surface area contributed by atoms with Gasteiger partial charge >= 0.3 is 7.82 Å². The maximum absolute atomic E-state index is 9.70. The van der Waals surface area contributed by atoms with Gasteiger partial charge in [-0.1, -0.05) is 0 Å². The quantitative estimate of drug-likeness (QED) is 0.582. The Morgan fingerprint density at radius 3 is 2.00 bits per heavy atom. The lowest BCUT2D eigenvalue weighted by Gasteiger charge is -1.98. The first-order valence-electron chi connectivity index (χ1n) is 1.76. The molecule has 0 heterocycles. The summed E-state index contributed by atoms with van der Waals surface area (Å²) >= 11 is 0. The summed E-state index contributed by atoms with van der Waals surface area (Å²) in [4.78, 5) is 15.8. The van der Waals surface area contributed by atoms with Crippen LogP contribution in [0.15, 0.2) is 0 Å². The summed E-state index contributed by atoms with van der Waals surface area (Å²) in [7, 11) is -4.17. The van der Waals surface area contributed by atoms with Crippen LogP contribution >= 0.6 is 20.2 Å². The van der Waals surface area contributed by atoms with Gasteiger partial charge in [-0.15, -0.1) is 12.4 Å². The summed E-state index contributed by atoms with van der Waals surface area (Å²) in [6.07, 6.45) is 0. The average Bonchev–Trinajstić information content (AvgIpc) is 1.30. The van der Waals surface area contributed by atoms with Crippen molar-refractivity contribution in [2.75, 3.05) is 6.61 Å². The molecule has 52 valence electrons. The smallest absolute Gasteiger partial charge is 0.303 e. The van der Waals surface area contributed by atoms with Crippen LogP contribution in [0.2, 0.25) is 0 Å². The molecule has 0 aromatic carbocycles. The van der Waals surface area contributed by atoms with Crippen molar-refractivity contribution in [2.24, 2.45) is 0 Å². The molecule has 0 aromatic rings. The molecule has 0 spiro atoms. The Bertz CT molecular complexity index is 88.0. The second-order valence-electron chi connectivity index (χ2n) is 0.908. The van der Waals surface area contributed by atoms with Crippen molar-refractivity contribution in [2.45, 2.75) is 6.92 Å². The zero-order valence-electron chi connectivity index (χ0n) is 4.27. The van der Waals surface area contributed by atoms with E-state index in [2.05, 4.69) is 4.52 Å².